The zero-order chi connectivity index (χ0) is 9.10. The van der Waals surface area contributed by atoms with E-state index < -0.39 is 0 Å². The SMILES string of the molecule is Oc1c[nH]cc1CCc1ccsc1. The quantitative estimate of drug-likeness (QED) is 0.772. The molecule has 0 aliphatic carbocycles. The van der Waals surface area contributed by atoms with Crippen molar-refractivity contribution < 1.29 is 5.11 Å². The van der Waals surface area contributed by atoms with Gasteiger partial charge in [-0.3, -0.25) is 0 Å². The first kappa shape index (κ1) is 8.38. The molecule has 0 aliphatic heterocycles. The molecule has 68 valence electrons. The Hall–Kier alpha value is -1.22. The Morgan fingerprint density at radius 1 is 1.31 bits per heavy atom. The number of nitrogens with one attached hydrogen (secondary N) is 1. The molecule has 2 aromatic rings. The number of rotatable bonds is 3. The van der Waals surface area contributed by atoms with E-state index in [1.165, 1.54) is 5.56 Å². The number of aromatic nitrogens is 1. The lowest BCUT2D eigenvalue weighted by molar-refractivity contribution is 0.469. The molecule has 3 heteroatoms. The third-order valence-corrected chi connectivity index (χ3v) is 2.80. The molecule has 13 heavy (non-hydrogen) atoms. The molecule has 0 saturated heterocycles. The van der Waals surface area contributed by atoms with Crippen LogP contribution >= 0.6 is 11.3 Å². The fourth-order valence-electron chi connectivity index (χ4n) is 1.30. The summed E-state index contributed by atoms with van der Waals surface area (Å²) in [5.74, 6) is 0.371. The normalized spacial score (nSPS) is 10.5. The maximum absolute atomic E-state index is 9.35. The van der Waals surface area contributed by atoms with E-state index in [9.17, 15) is 5.11 Å². The van der Waals surface area contributed by atoms with E-state index >= 15 is 0 Å². The number of aryl methyl sites for hydroxylation is 2. The van der Waals surface area contributed by atoms with Gasteiger partial charge in [0, 0.05) is 18.0 Å². The average molecular weight is 193 g/mol. The largest absolute Gasteiger partial charge is 0.506 e. The van der Waals surface area contributed by atoms with Crippen LogP contribution in [-0.2, 0) is 12.8 Å². The van der Waals surface area contributed by atoms with Crippen molar-refractivity contribution in [2.45, 2.75) is 12.8 Å². The summed E-state index contributed by atoms with van der Waals surface area (Å²) >= 11 is 1.71. The van der Waals surface area contributed by atoms with Crippen LogP contribution in [0.4, 0.5) is 0 Å². The molecule has 0 radical (unpaired) electrons. The Labute approximate surface area is 80.9 Å². The van der Waals surface area contributed by atoms with E-state index in [0.717, 1.165) is 18.4 Å². The summed E-state index contributed by atoms with van der Waals surface area (Å²) in [5.41, 5.74) is 2.33. The highest BCUT2D eigenvalue weighted by Gasteiger charge is 2.01. The van der Waals surface area contributed by atoms with Gasteiger partial charge in [-0.05, 0) is 35.2 Å². The standard InChI is InChI=1S/C10H11NOS/c12-10-6-11-5-9(10)2-1-8-3-4-13-7-8/h3-7,11-12H,1-2H2. The van der Waals surface area contributed by atoms with E-state index in [0.29, 0.717) is 5.75 Å². The van der Waals surface area contributed by atoms with Crippen molar-refractivity contribution in [3.05, 3.63) is 40.3 Å². The summed E-state index contributed by atoms with van der Waals surface area (Å²) in [7, 11) is 0. The number of H-pyrrole nitrogens is 1. The van der Waals surface area contributed by atoms with Crippen LogP contribution in [0.5, 0.6) is 5.75 Å². The second-order valence-corrected chi connectivity index (χ2v) is 3.78. The van der Waals surface area contributed by atoms with Gasteiger partial charge in [-0.15, -0.1) is 0 Å². The Morgan fingerprint density at radius 2 is 2.23 bits per heavy atom. The van der Waals surface area contributed by atoms with Gasteiger partial charge in [-0.2, -0.15) is 11.3 Å². The average Bonchev–Trinajstić information content (AvgIpc) is 2.72. The fraction of sp³-hybridized carbons (Fsp3) is 0.200. The molecule has 0 unspecified atom stereocenters. The maximum atomic E-state index is 9.35. The highest BCUT2D eigenvalue weighted by Crippen LogP contribution is 2.18. The molecular formula is C10H11NOS. The molecule has 2 heterocycles. The van der Waals surface area contributed by atoms with Crippen molar-refractivity contribution in [2.75, 3.05) is 0 Å². The molecule has 0 fully saturated rings. The van der Waals surface area contributed by atoms with E-state index in [-0.39, 0.29) is 0 Å². The lowest BCUT2D eigenvalue weighted by Crippen LogP contribution is -1.87. The van der Waals surface area contributed by atoms with Gasteiger partial charge in [0.15, 0.2) is 0 Å². The van der Waals surface area contributed by atoms with Crippen LogP contribution in [0.2, 0.25) is 0 Å². The van der Waals surface area contributed by atoms with Crippen LogP contribution in [0.1, 0.15) is 11.1 Å². The van der Waals surface area contributed by atoms with Gasteiger partial charge in [0.2, 0.25) is 0 Å². The van der Waals surface area contributed by atoms with E-state index in [2.05, 4.69) is 21.8 Å². The molecule has 2 nitrogen and oxygen atoms in total. The first-order valence-corrected chi connectivity index (χ1v) is 5.16. The van der Waals surface area contributed by atoms with Crippen LogP contribution in [0.3, 0.4) is 0 Å². The summed E-state index contributed by atoms with van der Waals surface area (Å²) in [4.78, 5) is 2.88. The molecule has 0 saturated carbocycles. The van der Waals surface area contributed by atoms with Gasteiger partial charge in [-0.25, -0.2) is 0 Å². The van der Waals surface area contributed by atoms with Crippen LogP contribution in [0.15, 0.2) is 29.2 Å². The molecule has 0 aliphatic rings. The Morgan fingerprint density at radius 3 is 2.85 bits per heavy atom. The van der Waals surface area contributed by atoms with Gasteiger partial charge >= 0.3 is 0 Å². The molecular weight excluding hydrogens is 182 g/mol. The smallest absolute Gasteiger partial charge is 0.136 e. The zero-order valence-electron chi connectivity index (χ0n) is 7.16. The predicted molar refractivity (Wildman–Crippen MR) is 54.2 cm³/mol. The number of hydrogen-bond donors (Lipinski definition) is 2. The number of thiophene rings is 1. The monoisotopic (exact) mass is 193 g/mol. The van der Waals surface area contributed by atoms with Gasteiger partial charge in [-0.1, -0.05) is 0 Å². The molecule has 0 atom stereocenters. The predicted octanol–water partition coefficient (Wildman–Crippen LogP) is 2.57. The molecule has 0 bridgehead atoms. The third-order valence-electron chi connectivity index (χ3n) is 2.07. The van der Waals surface area contributed by atoms with Crippen molar-refractivity contribution >= 4 is 11.3 Å². The van der Waals surface area contributed by atoms with Crippen molar-refractivity contribution in [3.63, 3.8) is 0 Å². The number of aromatic amines is 1. The summed E-state index contributed by atoms with van der Waals surface area (Å²) in [6, 6.07) is 2.12. The van der Waals surface area contributed by atoms with Gasteiger partial charge in [0.1, 0.15) is 5.75 Å². The van der Waals surface area contributed by atoms with Crippen LogP contribution in [0, 0.1) is 0 Å². The van der Waals surface area contributed by atoms with Crippen LogP contribution < -0.4 is 0 Å². The minimum atomic E-state index is 0.371. The van der Waals surface area contributed by atoms with Crippen molar-refractivity contribution in [1.82, 2.24) is 4.98 Å². The van der Waals surface area contributed by atoms with Crippen molar-refractivity contribution in [2.24, 2.45) is 0 Å². The zero-order valence-corrected chi connectivity index (χ0v) is 7.97. The molecule has 0 aromatic carbocycles. The van der Waals surface area contributed by atoms with Crippen LogP contribution in [0.25, 0.3) is 0 Å². The fourth-order valence-corrected chi connectivity index (χ4v) is 2.01. The van der Waals surface area contributed by atoms with Gasteiger partial charge < -0.3 is 10.1 Å². The lowest BCUT2D eigenvalue weighted by Gasteiger charge is -1.96. The lowest BCUT2D eigenvalue weighted by atomic mass is 10.1. The summed E-state index contributed by atoms with van der Waals surface area (Å²) in [6.45, 7) is 0. The summed E-state index contributed by atoms with van der Waals surface area (Å²) in [6.07, 6.45) is 5.35. The summed E-state index contributed by atoms with van der Waals surface area (Å²) < 4.78 is 0. The van der Waals surface area contributed by atoms with E-state index in [1.807, 2.05) is 6.20 Å². The Kier molecular flexibility index (Phi) is 2.36. The second-order valence-electron chi connectivity index (χ2n) is 3.00. The Balaban J connectivity index is 1.97. The van der Waals surface area contributed by atoms with Gasteiger partial charge in [0.05, 0.1) is 0 Å². The Bertz CT molecular complexity index is 364. The van der Waals surface area contributed by atoms with Crippen molar-refractivity contribution in [3.8, 4) is 5.75 Å². The third kappa shape index (κ3) is 1.92. The minimum Gasteiger partial charge on any atom is -0.506 e. The van der Waals surface area contributed by atoms with E-state index in [1.54, 1.807) is 17.5 Å². The number of hydrogen-bond acceptors (Lipinski definition) is 2. The van der Waals surface area contributed by atoms with Crippen molar-refractivity contribution in [1.29, 1.82) is 0 Å². The number of aromatic hydroxyl groups is 1. The molecule has 2 rings (SSSR count). The molecule has 2 aromatic heterocycles. The molecule has 0 spiro atoms. The first-order chi connectivity index (χ1) is 6.36. The van der Waals surface area contributed by atoms with E-state index in [4.69, 9.17) is 0 Å². The highest BCUT2D eigenvalue weighted by molar-refractivity contribution is 7.07. The van der Waals surface area contributed by atoms with Crippen LogP contribution in [-0.4, -0.2) is 10.1 Å². The second kappa shape index (κ2) is 3.66. The van der Waals surface area contributed by atoms with Gasteiger partial charge in [0.25, 0.3) is 0 Å². The molecule has 0 amide bonds. The molecule has 2 N–H and O–H groups in total. The maximum Gasteiger partial charge on any atom is 0.136 e. The minimum absolute atomic E-state index is 0.371. The topological polar surface area (TPSA) is 36.0 Å². The highest BCUT2D eigenvalue weighted by atomic mass is 32.1. The first-order valence-electron chi connectivity index (χ1n) is 4.22. The summed E-state index contributed by atoms with van der Waals surface area (Å²) in [5, 5.41) is 13.6.